The number of aromatic nitrogens is 2. The molecule has 156 valence electrons. The Kier molecular flexibility index (Phi) is 7.93. The summed E-state index contributed by atoms with van der Waals surface area (Å²) in [6, 6.07) is 16.8. The molecule has 0 saturated heterocycles. The summed E-state index contributed by atoms with van der Waals surface area (Å²) in [6.07, 6.45) is 1.21. The first kappa shape index (κ1) is 21.9. The number of anilines is 1. The zero-order chi connectivity index (χ0) is 21.3. The summed E-state index contributed by atoms with van der Waals surface area (Å²) < 4.78 is 0. The van der Waals surface area contributed by atoms with Gasteiger partial charge in [-0.25, -0.2) is 0 Å². The SMILES string of the molecule is Cc1cccc(-c2nnc(NC(=O)C(Cc3ccccc3)NC(=O)CCCCl)s2)c1. The van der Waals surface area contributed by atoms with Gasteiger partial charge in [0, 0.05) is 24.3 Å². The van der Waals surface area contributed by atoms with Crippen molar-refractivity contribution in [1.29, 1.82) is 0 Å². The van der Waals surface area contributed by atoms with Crippen molar-refractivity contribution in [1.82, 2.24) is 15.5 Å². The quantitative estimate of drug-likeness (QED) is 0.486. The van der Waals surface area contributed by atoms with Gasteiger partial charge in [0.05, 0.1) is 0 Å². The van der Waals surface area contributed by atoms with Crippen LogP contribution in [0.25, 0.3) is 10.6 Å². The number of rotatable bonds is 9. The molecule has 2 N–H and O–H groups in total. The summed E-state index contributed by atoms with van der Waals surface area (Å²) >= 11 is 6.97. The molecule has 0 spiro atoms. The molecule has 1 heterocycles. The fourth-order valence-electron chi connectivity index (χ4n) is 2.91. The average Bonchev–Trinajstić information content (AvgIpc) is 3.21. The van der Waals surface area contributed by atoms with E-state index in [1.807, 2.05) is 61.5 Å². The maximum atomic E-state index is 12.9. The van der Waals surface area contributed by atoms with Crippen LogP contribution in [0, 0.1) is 6.92 Å². The molecule has 6 nitrogen and oxygen atoms in total. The second-order valence-electron chi connectivity index (χ2n) is 6.87. The zero-order valence-corrected chi connectivity index (χ0v) is 18.2. The summed E-state index contributed by atoms with van der Waals surface area (Å²) in [5.74, 6) is -0.135. The van der Waals surface area contributed by atoms with Gasteiger partial charge in [0.25, 0.3) is 0 Å². The van der Waals surface area contributed by atoms with E-state index >= 15 is 0 Å². The van der Waals surface area contributed by atoms with E-state index in [1.165, 1.54) is 11.3 Å². The Morgan fingerprint density at radius 1 is 1.10 bits per heavy atom. The van der Waals surface area contributed by atoms with Crippen LogP contribution in [0.4, 0.5) is 5.13 Å². The largest absolute Gasteiger partial charge is 0.344 e. The van der Waals surface area contributed by atoms with Crippen LogP contribution >= 0.6 is 22.9 Å². The molecule has 0 aliphatic heterocycles. The van der Waals surface area contributed by atoms with E-state index in [1.54, 1.807) is 0 Å². The lowest BCUT2D eigenvalue weighted by atomic mass is 10.1. The first-order valence-corrected chi connectivity index (χ1v) is 11.0. The van der Waals surface area contributed by atoms with Crippen LogP contribution in [0.3, 0.4) is 0 Å². The maximum absolute atomic E-state index is 12.9. The summed E-state index contributed by atoms with van der Waals surface area (Å²) in [7, 11) is 0. The molecular weight excluding hydrogens is 420 g/mol. The maximum Gasteiger partial charge on any atom is 0.249 e. The summed E-state index contributed by atoms with van der Waals surface area (Å²) in [6.45, 7) is 2.01. The van der Waals surface area contributed by atoms with Gasteiger partial charge in [-0.2, -0.15) is 0 Å². The van der Waals surface area contributed by atoms with Crippen LogP contribution in [0.5, 0.6) is 0 Å². The highest BCUT2D eigenvalue weighted by Gasteiger charge is 2.22. The lowest BCUT2D eigenvalue weighted by Crippen LogP contribution is -2.45. The van der Waals surface area contributed by atoms with Crippen molar-refractivity contribution in [3.05, 3.63) is 65.7 Å². The number of benzene rings is 2. The first-order chi connectivity index (χ1) is 14.5. The van der Waals surface area contributed by atoms with Crippen LogP contribution in [0.1, 0.15) is 24.0 Å². The molecule has 1 atom stereocenters. The monoisotopic (exact) mass is 442 g/mol. The highest BCUT2D eigenvalue weighted by molar-refractivity contribution is 7.18. The number of amides is 2. The van der Waals surface area contributed by atoms with Crippen molar-refractivity contribution in [3.63, 3.8) is 0 Å². The number of nitrogens with zero attached hydrogens (tertiary/aromatic N) is 2. The van der Waals surface area contributed by atoms with E-state index in [0.29, 0.717) is 23.9 Å². The number of aryl methyl sites for hydroxylation is 1. The highest BCUT2D eigenvalue weighted by atomic mass is 35.5. The van der Waals surface area contributed by atoms with E-state index in [4.69, 9.17) is 11.6 Å². The van der Waals surface area contributed by atoms with Crippen molar-refractivity contribution in [2.24, 2.45) is 0 Å². The topological polar surface area (TPSA) is 84.0 Å². The Labute approximate surface area is 184 Å². The van der Waals surface area contributed by atoms with Gasteiger partial charge in [-0.15, -0.1) is 21.8 Å². The van der Waals surface area contributed by atoms with Gasteiger partial charge in [0.1, 0.15) is 11.0 Å². The standard InChI is InChI=1S/C22H23ClN4O2S/c1-15-7-5-10-17(13-15)21-26-27-22(30-21)25-20(29)18(24-19(28)11-6-12-23)14-16-8-3-2-4-9-16/h2-5,7-10,13,18H,6,11-12,14H2,1H3,(H,24,28)(H,25,27,29). The number of halogens is 1. The first-order valence-electron chi connectivity index (χ1n) is 9.66. The smallest absolute Gasteiger partial charge is 0.249 e. The third kappa shape index (κ3) is 6.37. The molecule has 0 aliphatic carbocycles. The van der Waals surface area contributed by atoms with E-state index in [0.717, 1.165) is 21.7 Å². The summed E-state index contributed by atoms with van der Waals surface area (Å²) in [5, 5.41) is 15.0. The van der Waals surface area contributed by atoms with Crippen LogP contribution in [-0.2, 0) is 16.0 Å². The van der Waals surface area contributed by atoms with Crippen molar-refractivity contribution in [2.45, 2.75) is 32.2 Å². The Morgan fingerprint density at radius 3 is 2.63 bits per heavy atom. The van der Waals surface area contributed by atoms with Gasteiger partial charge in [-0.05, 0) is 25.0 Å². The van der Waals surface area contributed by atoms with E-state index in [9.17, 15) is 9.59 Å². The van der Waals surface area contributed by atoms with Crippen LogP contribution in [0.15, 0.2) is 54.6 Å². The molecule has 30 heavy (non-hydrogen) atoms. The van der Waals surface area contributed by atoms with Gasteiger partial charge in [0.2, 0.25) is 16.9 Å². The van der Waals surface area contributed by atoms with Crippen LogP contribution in [-0.4, -0.2) is 33.9 Å². The molecule has 2 amide bonds. The molecule has 0 fully saturated rings. The molecule has 0 saturated carbocycles. The molecule has 3 rings (SSSR count). The van der Waals surface area contributed by atoms with Gasteiger partial charge in [-0.3, -0.25) is 14.9 Å². The molecule has 2 aromatic carbocycles. The molecular formula is C22H23ClN4O2S. The number of carbonyl (C=O) groups is 2. The molecule has 0 aliphatic rings. The van der Waals surface area contributed by atoms with Crippen molar-refractivity contribution >= 4 is 39.9 Å². The van der Waals surface area contributed by atoms with Crippen molar-refractivity contribution < 1.29 is 9.59 Å². The Hall–Kier alpha value is -2.77. The fourth-order valence-corrected chi connectivity index (χ4v) is 3.79. The predicted octanol–water partition coefficient (Wildman–Crippen LogP) is 4.20. The molecule has 0 bridgehead atoms. The van der Waals surface area contributed by atoms with E-state index in [2.05, 4.69) is 20.8 Å². The number of hydrogen-bond donors (Lipinski definition) is 2. The van der Waals surface area contributed by atoms with E-state index < -0.39 is 6.04 Å². The van der Waals surface area contributed by atoms with Gasteiger partial charge < -0.3 is 5.32 Å². The summed E-state index contributed by atoms with van der Waals surface area (Å²) in [5.41, 5.74) is 3.02. The molecule has 8 heteroatoms. The predicted molar refractivity (Wildman–Crippen MR) is 121 cm³/mol. The van der Waals surface area contributed by atoms with Crippen LogP contribution in [0.2, 0.25) is 0 Å². The Bertz CT molecular complexity index is 994. The van der Waals surface area contributed by atoms with Gasteiger partial charge in [-0.1, -0.05) is 65.4 Å². The van der Waals surface area contributed by atoms with Crippen molar-refractivity contribution in [2.75, 3.05) is 11.2 Å². The molecule has 3 aromatic rings. The minimum atomic E-state index is -0.721. The molecule has 1 unspecified atom stereocenters. The van der Waals surface area contributed by atoms with Gasteiger partial charge >= 0.3 is 0 Å². The normalized spacial score (nSPS) is 11.7. The Balaban J connectivity index is 1.71. The number of carbonyl (C=O) groups excluding carboxylic acids is 2. The number of alkyl halides is 1. The number of nitrogens with one attached hydrogen (secondary N) is 2. The average molecular weight is 443 g/mol. The lowest BCUT2D eigenvalue weighted by Gasteiger charge is -2.17. The fraction of sp³-hybridized carbons (Fsp3) is 0.273. The van der Waals surface area contributed by atoms with E-state index in [-0.39, 0.29) is 18.2 Å². The van der Waals surface area contributed by atoms with Crippen LogP contribution < -0.4 is 10.6 Å². The second-order valence-corrected chi connectivity index (χ2v) is 8.23. The minimum absolute atomic E-state index is 0.204. The second kappa shape index (κ2) is 10.8. The zero-order valence-electron chi connectivity index (χ0n) is 16.6. The lowest BCUT2D eigenvalue weighted by molar-refractivity contribution is -0.126. The van der Waals surface area contributed by atoms with Gasteiger partial charge in [0.15, 0.2) is 0 Å². The third-order valence-corrected chi connectivity index (χ3v) is 5.55. The number of hydrogen-bond acceptors (Lipinski definition) is 5. The minimum Gasteiger partial charge on any atom is -0.344 e. The highest BCUT2D eigenvalue weighted by Crippen LogP contribution is 2.27. The molecule has 1 aromatic heterocycles. The third-order valence-electron chi connectivity index (χ3n) is 4.39. The Morgan fingerprint density at radius 2 is 1.90 bits per heavy atom. The van der Waals surface area contributed by atoms with Crippen molar-refractivity contribution in [3.8, 4) is 10.6 Å². The molecule has 0 radical (unpaired) electrons. The summed E-state index contributed by atoms with van der Waals surface area (Å²) in [4.78, 5) is 25.1.